The van der Waals surface area contributed by atoms with Gasteiger partial charge in [-0.15, -0.1) is 0 Å². The first kappa shape index (κ1) is 15.0. The first-order valence-electron chi connectivity index (χ1n) is 7.52. The number of hydrogen-bond acceptors (Lipinski definition) is 2. The summed E-state index contributed by atoms with van der Waals surface area (Å²) in [6.07, 6.45) is 4.87. The zero-order chi connectivity index (χ0) is 14.0. The van der Waals surface area contributed by atoms with Crippen LogP contribution in [0.15, 0.2) is 4.47 Å². The molecule has 0 saturated heterocycles. The molecule has 0 aromatic carbocycles. The van der Waals surface area contributed by atoms with Crippen molar-refractivity contribution in [1.29, 1.82) is 0 Å². The Morgan fingerprint density at radius 1 is 1.42 bits per heavy atom. The number of aryl methyl sites for hydroxylation is 2. The highest BCUT2D eigenvalue weighted by Gasteiger charge is 2.33. The molecule has 3 nitrogen and oxygen atoms in total. The minimum absolute atomic E-state index is 0.564. The number of halogens is 1. The zero-order valence-electron chi connectivity index (χ0n) is 12.5. The molecule has 0 aliphatic heterocycles. The molecule has 0 spiro atoms. The molecule has 1 fully saturated rings. The molecule has 1 aliphatic carbocycles. The quantitative estimate of drug-likeness (QED) is 0.832. The second kappa shape index (κ2) is 6.40. The first-order valence-corrected chi connectivity index (χ1v) is 8.31. The molecule has 1 aromatic heterocycles. The van der Waals surface area contributed by atoms with E-state index in [1.807, 2.05) is 4.68 Å². The molecule has 2 rings (SSSR count). The van der Waals surface area contributed by atoms with Crippen LogP contribution in [0.4, 0.5) is 0 Å². The van der Waals surface area contributed by atoms with E-state index in [0.717, 1.165) is 31.2 Å². The van der Waals surface area contributed by atoms with Gasteiger partial charge in [-0.05, 0) is 53.6 Å². The van der Waals surface area contributed by atoms with E-state index in [1.165, 1.54) is 28.7 Å². The maximum absolute atomic E-state index is 4.60. The van der Waals surface area contributed by atoms with E-state index in [4.69, 9.17) is 0 Å². The Kier molecular flexibility index (Phi) is 5.07. The highest BCUT2D eigenvalue weighted by Crippen LogP contribution is 2.39. The second-order valence-corrected chi connectivity index (χ2v) is 6.54. The molecule has 2 atom stereocenters. The molecule has 1 aromatic rings. The van der Waals surface area contributed by atoms with Crippen molar-refractivity contribution in [1.82, 2.24) is 15.1 Å². The van der Waals surface area contributed by atoms with Gasteiger partial charge in [-0.1, -0.05) is 20.8 Å². The van der Waals surface area contributed by atoms with Gasteiger partial charge in [0.1, 0.15) is 0 Å². The van der Waals surface area contributed by atoms with Gasteiger partial charge >= 0.3 is 0 Å². The van der Waals surface area contributed by atoms with E-state index in [0.29, 0.717) is 6.04 Å². The molecule has 1 heterocycles. The summed E-state index contributed by atoms with van der Waals surface area (Å²) in [5, 5.41) is 8.28. The maximum atomic E-state index is 4.60. The molecular weight excluding hydrogens is 302 g/mol. The molecule has 0 amide bonds. The van der Waals surface area contributed by atoms with E-state index in [9.17, 15) is 0 Å². The predicted molar refractivity (Wildman–Crippen MR) is 83.3 cm³/mol. The van der Waals surface area contributed by atoms with Crippen molar-refractivity contribution in [3.8, 4) is 0 Å². The molecule has 1 saturated carbocycles. The Balaban J connectivity index is 2.13. The Hall–Kier alpha value is -0.350. The Labute approximate surface area is 125 Å². The highest BCUT2D eigenvalue weighted by molar-refractivity contribution is 9.10. The molecule has 4 heteroatoms. The summed E-state index contributed by atoms with van der Waals surface area (Å²) in [7, 11) is 2.06. The number of aromatic nitrogens is 2. The zero-order valence-corrected chi connectivity index (χ0v) is 14.1. The van der Waals surface area contributed by atoms with Gasteiger partial charge in [0, 0.05) is 19.5 Å². The van der Waals surface area contributed by atoms with Crippen LogP contribution in [0.25, 0.3) is 0 Å². The van der Waals surface area contributed by atoms with Gasteiger partial charge in [-0.25, -0.2) is 0 Å². The number of nitrogens with one attached hydrogen (secondary N) is 1. The van der Waals surface area contributed by atoms with Crippen LogP contribution in [-0.2, 0) is 19.9 Å². The van der Waals surface area contributed by atoms with Gasteiger partial charge in [-0.2, -0.15) is 5.10 Å². The van der Waals surface area contributed by atoms with Crippen LogP contribution in [0, 0.1) is 11.8 Å². The maximum Gasteiger partial charge on any atom is 0.0766 e. The first-order chi connectivity index (χ1) is 9.08. The number of likely N-dealkylation sites (N-methyl/N-ethyl adjacent to an activating group) is 1. The van der Waals surface area contributed by atoms with Crippen LogP contribution >= 0.6 is 15.9 Å². The Bertz CT molecular complexity index is 423. The summed E-state index contributed by atoms with van der Waals surface area (Å²) in [6.45, 7) is 7.79. The van der Waals surface area contributed by atoms with Gasteiger partial charge in [0.25, 0.3) is 0 Å². The lowest BCUT2D eigenvalue weighted by Crippen LogP contribution is -2.38. The minimum Gasteiger partial charge on any atom is -0.314 e. The summed E-state index contributed by atoms with van der Waals surface area (Å²) < 4.78 is 3.26. The smallest absolute Gasteiger partial charge is 0.0766 e. The largest absolute Gasteiger partial charge is 0.314 e. The molecule has 108 valence electrons. The van der Waals surface area contributed by atoms with Crippen molar-refractivity contribution in [2.24, 2.45) is 18.9 Å². The monoisotopic (exact) mass is 327 g/mol. The van der Waals surface area contributed by atoms with Crippen LogP contribution < -0.4 is 5.32 Å². The molecule has 1 N–H and O–H groups in total. The fraction of sp³-hybridized carbons (Fsp3) is 0.800. The van der Waals surface area contributed by atoms with Crippen LogP contribution in [0.3, 0.4) is 0 Å². The lowest BCUT2D eigenvalue weighted by atomic mass is 9.92. The van der Waals surface area contributed by atoms with Crippen LogP contribution in [0.1, 0.15) is 45.0 Å². The fourth-order valence-corrected chi connectivity index (χ4v) is 3.68. The molecule has 19 heavy (non-hydrogen) atoms. The third-order valence-corrected chi connectivity index (χ3v) is 5.30. The van der Waals surface area contributed by atoms with Crippen molar-refractivity contribution in [3.05, 3.63) is 15.9 Å². The molecule has 2 unspecified atom stereocenters. The summed E-state index contributed by atoms with van der Waals surface area (Å²) >= 11 is 3.73. The van der Waals surface area contributed by atoms with E-state index in [1.54, 1.807) is 0 Å². The van der Waals surface area contributed by atoms with E-state index in [-0.39, 0.29) is 0 Å². The third kappa shape index (κ3) is 3.40. The van der Waals surface area contributed by atoms with Crippen LogP contribution in [0.5, 0.6) is 0 Å². The predicted octanol–water partition coefficient (Wildman–Crippen LogP) is 3.31. The van der Waals surface area contributed by atoms with Gasteiger partial charge in [0.05, 0.1) is 15.9 Å². The lowest BCUT2D eigenvalue weighted by molar-refractivity contribution is 0.339. The average molecular weight is 328 g/mol. The van der Waals surface area contributed by atoms with Crippen molar-refractivity contribution in [2.45, 2.75) is 52.5 Å². The molecule has 0 bridgehead atoms. The summed E-state index contributed by atoms with van der Waals surface area (Å²) in [4.78, 5) is 0. The molecule has 0 radical (unpaired) electrons. The minimum atomic E-state index is 0.564. The summed E-state index contributed by atoms with van der Waals surface area (Å²) in [5.41, 5.74) is 2.50. The molecular formula is C15H26BrN3. The van der Waals surface area contributed by atoms with E-state index in [2.05, 4.69) is 54.2 Å². The van der Waals surface area contributed by atoms with Crippen molar-refractivity contribution in [3.63, 3.8) is 0 Å². The highest BCUT2D eigenvalue weighted by atomic mass is 79.9. The van der Waals surface area contributed by atoms with Crippen LogP contribution in [-0.4, -0.2) is 22.4 Å². The summed E-state index contributed by atoms with van der Waals surface area (Å²) in [5.74, 6) is 1.69. The van der Waals surface area contributed by atoms with Gasteiger partial charge in [-0.3, -0.25) is 4.68 Å². The van der Waals surface area contributed by atoms with Crippen molar-refractivity contribution in [2.75, 3.05) is 6.54 Å². The number of nitrogens with zero attached hydrogens (tertiary/aromatic N) is 2. The molecule has 1 aliphatic rings. The van der Waals surface area contributed by atoms with Crippen LogP contribution in [0.2, 0.25) is 0 Å². The number of hydrogen-bond donors (Lipinski definition) is 1. The van der Waals surface area contributed by atoms with E-state index < -0.39 is 0 Å². The van der Waals surface area contributed by atoms with Gasteiger partial charge in [0.2, 0.25) is 0 Å². The lowest BCUT2D eigenvalue weighted by Gasteiger charge is -2.25. The average Bonchev–Trinajstić information content (AvgIpc) is 3.19. The summed E-state index contributed by atoms with van der Waals surface area (Å²) in [6, 6.07) is 0.564. The fourth-order valence-electron chi connectivity index (χ4n) is 2.91. The topological polar surface area (TPSA) is 29.9 Å². The third-order valence-electron chi connectivity index (χ3n) is 4.38. The SMILES string of the molecule is CCNC(Cc1c(Br)c(CC)nn1C)C(C)C1CC1. The normalized spacial score (nSPS) is 18.6. The van der Waals surface area contributed by atoms with Crippen molar-refractivity contribution >= 4 is 15.9 Å². The standard InChI is InChI=1S/C15H26BrN3/c1-5-12-15(16)14(19(4)18-12)9-13(17-6-2)10(3)11-7-8-11/h10-11,13,17H,5-9H2,1-4H3. The van der Waals surface area contributed by atoms with Crippen molar-refractivity contribution < 1.29 is 0 Å². The van der Waals surface area contributed by atoms with E-state index >= 15 is 0 Å². The Morgan fingerprint density at radius 3 is 2.58 bits per heavy atom. The number of rotatable bonds is 7. The Morgan fingerprint density at radius 2 is 2.11 bits per heavy atom. The second-order valence-electron chi connectivity index (χ2n) is 5.75. The van der Waals surface area contributed by atoms with Gasteiger partial charge in [0.15, 0.2) is 0 Å². The van der Waals surface area contributed by atoms with Gasteiger partial charge < -0.3 is 5.32 Å².